The first-order chi connectivity index (χ1) is 9.66. The molecular formula is C14H12N4O2. The van der Waals surface area contributed by atoms with E-state index in [1.54, 1.807) is 59.3 Å². The highest BCUT2D eigenvalue weighted by Crippen LogP contribution is 2.22. The van der Waals surface area contributed by atoms with E-state index in [9.17, 15) is 9.90 Å². The van der Waals surface area contributed by atoms with E-state index < -0.39 is 5.97 Å². The van der Waals surface area contributed by atoms with Gasteiger partial charge in [-0.05, 0) is 36.8 Å². The van der Waals surface area contributed by atoms with Gasteiger partial charge in [0.2, 0.25) is 0 Å². The monoisotopic (exact) mass is 268 g/mol. The number of aromatic carboxylic acids is 1. The molecule has 0 amide bonds. The summed E-state index contributed by atoms with van der Waals surface area (Å²) in [6.45, 7) is 1.77. The molecule has 0 unspecified atom stereocenters. The number of rotatable bonds is 3. The molecule has 0 bridgehead atoms. The van der Waals surface area contributed by atoms with Crippen molar-refractivity contribution in [2.75, 3.05) is 0 Å². The predicted octanol–water partition coefficient (Wildman–Crippen LogP) is 2.06. The van der Waals surface area contributed by atoms with Gasteiger partial charge < -0.3 is 5.11 Å². The Kier molecular flexibility index (Phi) is 2.83. The molecule has 1 aromatic carbocycles. The Bertz CT molecular complexity index is 746. The number of benzene rings is 1. The first-order valence-corrected chi connectivity index (χ1v) is 6.05. The molecule has 0 atom stereocenters. The molecule has 3 rings (SSSR count). The number of carboxylic acids is 1. The zero-order valence-electron chi connectivity index (χ0n) is 10.8. The normalized spacial score (nSPS) is 10.7. The van der Waals surface area contributed by atoms with Crippen molar-refractivity contribution < 1.29 is 9.90 Å². The zero-order chi connectivity index (χ0) is 14.1. The molecule has 2 heterocycles. The van der Waals surface area contributed by atoms with Crippen molar-refractivity contribution in [3.05, 3.63) is 60.2 Å². The molecule has 0 saturated heterocycles. The Hall–Kier alpha value is -2.89. The van der Waals surface area contributed by atoms with Gasteiger partial charge in [0.25, 0.3) is 0 Å². The fraction of sp³-hybridized carbons (Fsp3) is 0.0714. The summed E-state index contributed by atoms with van der Waals surface area (Å²) in [6, 6.07) is 7.05. The van der Waals surface area contributed by atoms with Gasteiger partial charge in [0, 0.05) is 24.8 Å². The number of hydrogen-bond donors (Lipinski definition) is 1. The van der Waals surface area contributed by atoms with Crippen LogP contribution >= 0.6 is 0 Å². The first-order valence-electron chi connectivity index (χ1n) is 6.05. The lowest BCUT2D eigenvalue weighted by Gasteiger charge is -2.12. The number of aromatic nitrogens is 4. The van der Waals surface area contributed by atoms with Crippen molar-refractivity contribution in [2.45, 2.75) is 6.92 Å². The molecule has 6 nitrogen and oxygen atoms in total. The molecule has 6 heteroatoms. The van der Waals surface area contributed by atoms with Gasteiger partial charge in [-0.1, -0.05) is 0 Å². The highest BCUT2D eigenvalue weighted by molar-refractivity contribution is 5.91. The second-order valence-corrected chi connectivity index (χ2v) is 4.34. The van der Waals surface area contributed by atoms with Crippen LogP contribution < -0.4 is 0 Å². The molecule has 1 N–H and O–H groups in total. The molecule has 0 fully saturated rings. The van der Waals surface area contributed by atoms with Gasteiger partial charge >= 0.3 is 5.97 Å². The Morgan fingerprint density at radius 3 is 2.30 bits per heavy atom. The lowest BCUT2D eigenvalue weighted by molar-refractivity contribution is 0.0696. The van der Waals surface area contributed by atoms with Crippen LogP contribution in [0.4, 0.5) is 0 Å². The number of carboxylic acid groups (broad SMARTS) is 1. The minimum atomic E-state index is -0.968. The van der Waals surface area contributed by atoms with Crippen LogP contribution in [0.3, 0.4) is 0 Å². The molecule has 100 valence electrons. The van der Waals surface area contributed by atoms with Crippen LogP contribution in [0.25, 0.3) is 11.4 Å². The molecule has 0 saturated carbocycles. The van der Waals surface area contributed by atoms with Crippen molar-refractivity contribution in [2.24, 2.45) is 0 Å². The summed E-state index contributed by atoms with van der Waals surface area (Å²) < 4.78 is 3.27. The quantitative estimate of drug-likeness (QED) is 0.789. The second kappa shape index (κ2) is 4.65. The molecule has 2 aromatic heterocycles. The minimum Gasteiger partial charge on any atom is -0.478 e. The van der Waals surface area contributed by atoms with Crippen molar-refractivity contribution in [3.63, 3.8) is 0 Å². The van der Waals surface area contributed by atoms with Crippen LogP contribution in [-0.4, -0.2) is 30.6 Å². The van der Waals surface area contributed by atoms with E-state index in [-0.39, 0.29) is 5.56 Å². The Morgan fingerprint density at radius 2 is 1.75 bits per heavy atom. The van der Waals surface area contributed by atoms with Crippen LogP contribution in [0.5, 0.6) is 0 Å². The van der Waals surface area contributed by atoms with Crippen molar-refractivity contribution in [1.82, 2.24) is 19.6 Å². The maximum atomic E-state index is 11.4. The summed E-state index contributed by atoms with van der Waals surface area (Å²) in [7, 11) is 0. The maximum Gasteiger partial charge on any atom is 0.336 e. The lowest BCUT2D eigenvalue weighted by atomic mass is 10.1. The third kappa shape index (κ3) is 1.97. The molecule has 0 spiro atoms. The summed E-state index contributed by atoms with van der Waals surface area (Å²) in [5.41, 5.74) is 2.31. The Balaban J connectivity index is 2.26. The van der Waals surface area contributed by atoms with Crippen LogP contribution in [0.1, 0.15) is 15.9 Å². The predicted molar refractivity (Wildman–Crippen MR) is 72.4 cm³/mol. The Labute approximate surface area is 114 Å². The molecule has 0 radical (unpaired) electrons. The minimum absolute atomic E-state index is 0.239. The van der Waals surface area contributed by atoms with Gasteiger partial charge in [0.1, 0.15) is 0 Å². The highest BCUT2D eigenvalue weighted by Gasteiger charge is 2.15. The van der Waals surface area contributed by atoms with Gasteiger partial charge in [-0.25, -0.2) is 14.2 Å². The molecule has 0 aliphatic carbocycles. The summed E-state index contributed by atoms with van der Waals surface area (Å²) in [4.78, 5) is 11.4. The fourth-order valence-electron chi connectivity index (χ4n) is 2.11. The topological polar surface area (TPSA) is 72.9 Å². The summed E-state index contributed by atoms with van der Waals surface area (Å²) >= 11 is 0. The maximum absolute atomic E-state index is 11.4. The highest BCUT2D eigenvalue weighted by atomic mass is 16.4. The average Bonchev–Trinajstić information content (AvgIpc) is 3.12. The largest absolute Gasteiger partial charge is 0.478 e. The van der Waals surface area contributed by atoms with Gasteiger partial charge in [0.15, 0.2) is 0 Å². The lowest BCUT2D eigenvalue weighted by Crippen LogP contribution is -2.08. The summed E-state index contributed by atoms with van der Waals surface area (Å²) in [5, 5.41) is 17.6. The van der Waals surface area contributed by atoms with E-state index in [2.05, 4.69) is 10.2 Å². The number of carbonyl (C=O) groups is 1. The van der Waals surface area contributed by atoms with Crippen molar-refractivity contribution >= 4 is 5.97 Å². The average molecular weight is 268 g/mol. The second-order valence-electron chi connectivity index (χ2n) is 4.34. The van der Waals surface area contributed by atoms with Gasteiger partial charge in [-0.15, -0.1) is 0 Å². The number of nitrogens with zero attached hydrogens (tertiary/aromatic N) is 4. The molecule has 3 aromatic rings. The molecule has 0 aliphatic heterocycles. The van der Waals surface area contributed by atoms with Crippen LogP contribution in [-0.2, 0) is 0 Å². The fourth-order valence-corrected chi connectivity index (χ4v) is 2.11. The third-order valence-corrected chi connectivity index (χ3v) is 3.12. The van der Waals surface area contributed by atoms with Gasteiger partial charge in [-0.2, -0.15) is 10.2 Å². The van der Waals surface area contributed by atoms with E-state index in [1.165, 1.54) is 0 Å². The zero-order valence-corrected chi connectivity index (χ0v) is 10.8. The molecule has 20 heavy (non-hydrogen) atoms. The van der Waals surface area contributed by atoms with E-state index in [1.807, 2.05) is 6.07 Å². The van der Waals surface area contributed by atoms with Crippen molar-refractivity contribution in [1.29, 1.82) is 0 Å². The molecule has 0 aliphatic rings. The summed E-state index contributed by atoms with van der Waals surface area (Å²) in [5.74, 6) is -0.968. The van der Waals surface area contributed by atoms with E-state index in [4.69, 9.17) is 0 Å². The van der Waals surface area contributed by atoms with Crippen LogP contribution in [0, 0.1) is 6.92 Å². The van der Waals surface area contributed by atoms with Crippen molar-refractivity contribution in [3.8, 4) is 11.4 Å². The van der Waals surface area contributed by atoms with Crippen LogP contribution in [0.2, 0.25) is 0 Å². The Morgan fingerprint density at radius 1 is 1.10 bits per heavy atom. The van der Waals surface area contributed by atoms with Crippen LogP contribution in [0.15, 0.2) is 49.1 Å². The first kappa shape index (κ1) is 12.2. The van der Waals surface area contributed by atoms with E-state index >= 15 is 0 Å². The summed E-state index contributed by atoms with van der Waals surface area (Å²) in [6.07, 6.45) is 6.85. The van der Waals surface area contributed by atoms with Gasteiger partial charge in [0.05, 0.1) is 16.9 Å². The number of hydrogen-bond acceptors (Lipinski definition) is 3. The van der Waals surface area contributed by atoms with Gasteiger partial charge in [-0.3, -0.25) is 0 Å². The SMILES string of the molecule is Cc1c(C(=O)O)cc(-n2cccn2)cc1-n1cccn1. The molecular weight excluding hydrogens is 256 g/mol. The van der Waals surface area contributed by atoms with E-state index in [0.29, 0.717) is 11.3 Å². The van der Waals surface area contributed by atoms with E-state index in [0.717, 1.165) is 5.69 Å². The standard InChI is InChI=1S/C14H12N4O2/c1-10-12(14(19)20)8-11(17-6-2-4-15-17)9-13(10)18-7-3-5-16-18/h2-9H,1H3,(H,19,20). The third-order valence-electron chi connectivity index (χ3n) is 3.12. The smallest absolute Gasteiger partial charge is 0.336 e.